The van der Waals surface area contributed by atoms with E-state index < -0.39 is 0 Å². The molecule has 0 bridgehead atoms. The summed E-state index contributed by atoms with van der Waals surface area (Å²) in [7, 11) is 0. The van der Waals surface area contributed by atoms with Crippen molar-refractivity contribution in [2.24, 2.45) is 0 Å². The number of halogens is 2. The summed E-state index contributed by atoms with van der Waals surface area (Å²) in [6.45, 7) is 0.693. The average molecular weight is 452 g/mol. The van der Waals surface area contributed by atoms with Gasteiger partial charge in [0.05, 0.1) is 22.5 Å². The van der Waals surface area contributed by atoms with Gasteiger partial charge in [0.25, 0.3) is 0 Å². The van der Waals surface area contributed by atoms with Gasteiger partial charge in [-0.3, -0.25) is 0 Å². The summed E-state index contributed by atoms with van der Waals surface area (Å²) in [6.07, 6.45) is 1.98. The zero-order valence-corrected chi connectivity index (χ0v) is 16.9. The first-order valence-electron chi connectivity index (χ1n) is 7.49. The molecule has 0 aliphatic rings. The van der Waals surface area contributed by atoms with Crippen LogP contribution in [0.25, 0.3) is 10.2 Å². The highest BCUT2D eigenvalue weighted by Gasteiger charge is 2.08. The highest BCUT2D eigenvalue weighted by atomic mass is 79.9. The third-order valence-corrected chi connectivity index (χ3v) is 6.77. The first-order chi connectivity index (χ1) is 12.2. The summed E-state index contributed by atoms with van der Waals surface area (Å²) in [5, 5.41) is 9.19. The SMILES string of the molecule is Clc1ccc2sc(SCc3cn(Cc4ccccc4Br)nn3)nc2c1. The Balaban J connectivity index is 1.43. The van der Waals surface area contributed by atoms with Crippen molar-refractivity contribution in [3.63, 3.8) is 0 Å². The van der Waals surface area contributed by atoms with Gasteiger partial charge in [-0.1, -0.05) is 62.7 Å². The molecule has 0 fully saturated rings. The van der Waals surface area contributed by atoms with E-state index in [0.29, 0.717) is 11.6 Å². The number of fused-ring (bicyclic) bond motifs is 1. The molecule has 8 heteroatoms. The third kappa shape index (κ3) is 4.06. The Morgan fingerprint density at radius 3 is 2.96 bits per heavy atom. The van der Waals surface area contributed by atoms with Crippen LogP contribution in [0.4, 0.5) is 0 Å². The third-order valence-electron chi connectivity index (χ3n) is 3.55. The Kier molecular flexibility index (Phi) is 5.08. The second-order valence-electron chi connectivity index (χ2n) is 5.38. The molecule has 0 atom stereocenters. The molecule has 0 N–H and O–H groups in total. The van der Waals surface area contributed by atoms with Gasteiger partial charge in [0.1, 0.15) is 0 Å². The Bertz CT molecular complexity index is 1030. The molecule has 0 aliphatic heterocycles. The number of hydrogen-bond acceptors (Lipinski definition) is 5. The summed E-state index contributed by atoms with van der Waals surface area (Å²) in [5.74, 6) is 0.740. The minimum atomic E-state index is 0.693. The Morgan fingerprint density at radius 1 is 1.20 bits per heavy atom. The van der Waals surface area contributed by atoms with E-state index in [1.165, 1.54) is 5.56 Å². The van der Waals surface area contributed by atoms with Crippen molar-refractivity contribution in [3.8, 4) is 0 Å². The van der Waals surface area contributed by atoms with Crippen LogP contribution in [-0.2, 0) is 12.3 Å². The lowest BCUT2D eigenvalue weighted by atomic mass is 10.2. The van der Waals surface area contributed by atoms with Gasteiger partial charge in [-0.25, -0.2) is 9.67 Å². The first-order valence-corrected chi connectivity index (χ1v) is 10.5. The van der Waals surface area contributed by atoms with Gasteiger partial charge in [-0.05, 0) is 29.8 Å². The van der Waals surface area contributed by atoms with E-state index in [4.69, 9.17) is 11.6 Å². The molecular formula is C17H12BrClN4S2. The maximum Gasteiger partial charge on any atom is 0.151 e. The molecule has 0 saturated heterocycles. The van der Waals surface area contributed by atoms with Crippen molar-refractivity contribution in [1.29, 1.82) is 0 Å². The monoisotopic (exact) mass is 450 g/mol. The van der Waals surface area contributed by atoms with Crippen LogP contribution in [0, 0.1) is 0 Å². The number of thioether (sulfide) groups is 1. The molecule has 0 saturated carbocycles. The molecule has 2 aromatic carbocycles. The fraction of sp³-hybridized carbons (Fsp3) is 0.118. The summed E-state index contributed by atoms with van der Waals surface area (Å²) < 4.78 is 5.09. The maximum absolute atomic E-state index is 6.01. The van der Waals surface area contributed by atoms with Gasteiger partial charge in [0.2, 0.25) is 0 Å². The Morgan fingerprint density at radius 2 is 2.08 bits per heavy atom. The molecule has 0 aliphatic carbocycles. The number of thiazole rings is 1. The van der Waals surface area contributed by atoms with Crippen LogP contribution >= 0.6 is 50.6 Å². The van der Waals surface area contributed by atoms with E-state index >= 15 is 0 Å². The molecule has 2 aromatic heterocycles. The lowest BCUT2D eigenvalue weighted by Crippen LogP contribution is -2.00. The van der Waals surface area contributed by atoms with Crippen LogP contribution in [0.15, 0.2) is 57.5 Å². The van der Waals surface area contributed by atoms with Crippen molar-refractivity contribution in [2.45, 2.75) is 16.6 Å². The second-order valence-corrected chi connectivity index (χ2v) is 8.92. The second kappa shape index (κ2) is 7.45. The van der Waals surface area contributed by atoms with Crippen LogP contribution in [0.2, 0.25) is 5.02 Å². The van der Waals surface area contributed by atoms with Crippen LogP contribution in [0.3, 0.4) is 0 Å². The fourth-order valence-corrected chi connectivity index (χ4v) is 4.86. The van der Waals surface area contributed by atoms with Crippen LogP contribution in [-0.4, -0.2) is 20.0 Å². The molecule has 25 heavy (non-hydrogen) atoms. The molecule has 4 aromatic rings. The lowest BCUT2D eigenvalue weighted by molar-refractivity contribution is 0.648. The minimum absolute atomic E-state index is 0.693. The Hall–Kier alpha value is -1.41. The zero-order valence-electron chi connectivity index (χ0n) is 12.9. The first kappa shape index (κ1) is 17.0. The van der Waals surface area contributed by atoms with Crippen molar-refractivity contribution in [2.75, 3.05) is 0 Å². The van der Waals surface area contributed by atoms with Gasteiger partial charge >= 0.3 is 0 Å². The summed E-state index contributed by atoms with van der Waals surface area (Å²) in [6, 6.07) is 13.9. The average Bonchev–Trinajstić information content (AvgIpc) is 3.21. The van der Waals surface area contributed by atoms with E-state index in [2.05, 4.69) is 37.3 Å². The van der Waals surface area contributed by atoms with Crippen LogP contribution < -0.4 is 0 Å². The fourth-order valence-electron chi connectivity index (χ4n) is 2.36. The molecule has 126 valence electrons. The molecule has 0 spiro atoms. The number of nitrogens with zero attached hydrogens (tertiary/aromatic N) is 4. The normalized spacial score (nSPS) is 11.3. The van der Waals surface area contributed by atoms with Crippen molar-refractivity contribution < 1.29 is 0 Å². The molecule has 4 nitrogen and oxygen atoms in total. The molecule has 0 amide bonds. The standard InChI is InChI=1S/C17H12BrClN4S2/c18-14-4-2-1-3-11(14)8-23-9-13(21-22-23)10-24-17-20-15-7-12(19)5-6-16(15)25-17/h1-7,9H,8,10H2. The summed E-state index contributed by atoms with van der Waals surface area (Å²) in [5.41, 5.74) is 3.06. The van der Waals surface area contributed by atoms with Gasteiger partial charge in [-0.2, -0.15) is 0 Å². The van der Waals surface area contributed by atoms with E-state index in [0.717, 1.165) is 30.5 Å². The summed E-state index contributed by atoms with van der Waals surface area (Å²) in [4.78, 5) is 4.61. The smallest absolute Gasteiger partial charge is 0.151 e. The number of rotatable bonds is 5. The predicted molar refractivity (Wildman–Crippen MR) is 107 cm³/mol. The quantitative estimate of drug-likeness (QED) is 0.368. The minimum Gasteiger partial charge on any atom is -0.248 e. The lowest BCUT2D eigenvalue weighted by Gasteiger charge is -2.02. The maximum atomic E-state index is 6.01. The van der Waals surface area contributed by atoms with Gasteiger partial charge in [0, 0.05) is 21.4 Å². The number of aromatic nitrogens is 4. The molecule has 0 radical (unpaired) electrons. The van der Waals surface area contributed by atoms with E-state index in [9.17, 15) is 0 Å². The van der Waals surface area contributed by atoms with E-state index in [1.54, 1.807) is 23.1 Å². The molecule has 4 rings (SSSR count). The van der Waals surface area contributed by atoms with Gasteiger partial charge in [0.15, 0.2) is 4.34 Å². The topological polar surface area (TPSA) is 43.6 Å². The van der Waals surface area contributed by atoms with Gasteiger partial charge < -0.3 is 0 Å². The highest BCUT2D eigenvalue weighted by molar-refractivity contribution is 9.10. The van der Waals surface area contributed by atoms with Crippen LogP contribution in [0.5, 0.6) is 0 Å². The van der Waals surface area contributed by atoms with E-state index in [-0.39, 0.29) is 0 Å². The van der Waals surface area contributed by atoms with Crippen molar-refractivity contribution in [3.05, 3.63) is 69.4 Å². The van der Waals surface area contributed by atoms with Gasteiger partial charge in [-0.15, -0.1) is 16.4 Å². The molecular weight excluding hydrogens is 440 g/mol. The highest BCUT2D eigenvalue weighted by Crippen LogP contribution is 2.32. The predicted octanol–water partition coefficient (Wildman–Crippen LogP) is 5.64. The van der Waals surface area contributed by atoms with Crippen molar-refractivity contribution >= 4 is 60.8 Å². The summed E-state index contributed by atoms with van der Waals surface area (Å²) >= 11 is 12.9. The zero-order chi connectivity index (χ0) is 17.2. The largest absolute Gasteiger partial charge is 0.248 e. The molecule has 2 heterocycles. The van der Waals surface area contributed by atoms with E-state index in [1.807, 2.05) is 47.3 Å². The van der Waals surface area contributed by atoms with Crippen LogP contribution in [0.1, 0.15) is 11.3 Å². The number of benzene rings is 2. The van der Waals surface area contributed by atoms with Crippen molar-refractivity contribution in [1.82, 2.24) is 20.0 Å². The molecule has 0 unspecified atom stereocenters. The number of hydrogen-bond donors (Lipinski definition) is 0. The Labute approximate surface area is 166 Å².